The van der Waals surface area contributed by atoms with Crippen LogP contribution in [-0.4, -0.2) is 20.2 Å². The second-order valence-corrected chi connectivity index (χ2v) is 3.74. The molecule has 0 saturated heterocycles. The standard InChI is InChI=1S/C9H10N4OS/c1-4-3-5(2)10-8(14)6(4)7-11-9(15)13-12-7/h3H,1-2H3,(H,10,14)(H2,11,12,13,15). The van der Waals surface area contributed by atoms with Crippen molar-refractivity contribution in [2.75, 3.05) is 0 Å². The van der Waals surface area contributed by atoms with E-state index in [0.29, 0.717) is 16.2 Å². The van der Waals surface area contributed by atoms with Gasteiger partial charge in [-0.3, -0.25) is 15.0 Å². The topological polar surface area (TPSA) is 77.3 Å². The van der Waals surface area contributed by atoms with Crippen molar-refractivity contribution in [1.29, 1.82) is 0 Å². The molecule has 0 aliphatic heterocycles. The highest BCUT2D eigenvalue weighted by Crippen LogP contribution is 2.14. The molecule has 2 aromatic heterocycles. The minimum absolute atomic E-state index is 0.162. The third kappa shape index (κ3) is 1.75. The van der Waals surface area contributed by atoms with E-state index >= 15 is 0 Å². The number of aromatic amines is 3. The molecule has 0 aromatic carbocycles. The van der Waals surface area contributed by atoms with Crippen LogP contribution in [0.5, 0.6) is 0 Å². The largest absolute Gasteiger partial charge is 0.326 e. The summed E-state index contributed by atoms with van der Waals surface area (Å²) in [7, 11) is 0. The first kappa shape index (κ1) is 9.85. The molecular formula is C9H10N4OS. The van der Waals surface area contributed by atoms with Crippen molar-refractivity contribution in [1.82, 2.24) is 20.2 Å². The Morgan fingerprint density at radius 1 is 1.33 bits per heavy atom. The zero-order valence-electron chi connectivity index (χ0n) is 8.34. The van der Waals surface area contributed by atoms with E-state index in [2.05, 4.69) is 20.2 Å². The maximum absolute atomic E-state index is 11.7. The number of nitrogens with one attached hydrogen (secondary N) is 3. The van der Waals surface area contributed by atoms with Crippen molar-refractivity contribution in [3.05, 3.63) is 32.4 Å². The van der Waals surface area contributed by atoms with Crippen LogP contribution in [0.15, 0.2) is 10.9 Å². The van der Waals surface area contributed by atoms with E-state index in [9.17, 15) is 4.79 Å². The molecular weight excluding hydrogens is 212 g/mol. The first-order valence-electron chi connectivity index (χ1n) is 4.43. The van der Waals surface area contributed by atoms with Crippen LogP contribution in [0.4, 0.5) is 0 Å². The van der Waals surface area contributed by atoms with Gasteiger partial charge in [0.25, 0.3) is 5.56 Å². The van der Waals surface area contributed by atoms with Crippen LogP contribution in [-0.2, 0) is 0 Å². The summed E-state index contributed by atoms with van der Waals surface area (Å²) in [5, 5.41) is 5.42. The summed E-state index contributed by atoms with van der Waals surface area (Å²) in [6.45, 7) is 3.70. The fourth-order valence-electron chi connectivity index (χ4n) is 1.54. The molecule has 0 bridgehead atoms. The number of rotatable bonds is 1. The molecule has 0 aliphatic carbocycles. The summed E-state index contributed by atoms with van der Waals surface area (Å²) >= 11 is 4.84. The van der Waals surface area contributed by atoms with Crippen molar-refractivity contribution >= 4 is 12.2 Å². The monoisotopic (exact) mass is 222 g/mol. The molecule has 78 valence electrons. The SMILES string of the molecule is Cc1cc(C)c(-c2nc(=S)[nH][nH]2)c(=O)[nH]1. The van der Waals surface area contributed by atoms with Gasteiger partial charge in [-0.15, -0.1) is 0 Å². The highest BCUT2D eigenvalue weighted by molar-refractivity contribution is 7.71. The summed E-state index contributed by atoms with van der Waals surface area (Å²) in [6.07, 6.45) is 0. The van der Waals surface area contributed by atoms with Crippen molar-refractivity contribution in [2.24, 2.45) is 0 Å². The zero-order chi connectivity index (χ0) is 11.0. The van der Waals surface area contributed by atoms with Gasteiger partial charge in [0.2, 0.25) is 4.77 Å². The Morgan fingerprint density at radius 3 is 2.60 bits per heavy atom. The Hall–Kier alpha value is -1.69. The van der Waals surface area contributed by atoms with Gasteiger partial charge in [-0.2, -0.15) is 4.98 Å². The van der Waals surface area contributed by atoms with Gasteiger partial charge in [0.05, 0.1) is 5.56 Å². The van der Waals surface area contributed by atoms with E-state index in [-0.39, 0.29) is 5.56 Å². The number of H-pyrrole nitrogens is 3. The van der Waals surface area contributed by atoms with E-state index in [4.69, 9.17) is 12.2 Å². The van der Waals surface area contributed by atoms with Gasteiger partial charge in [0.1, 0.15) is 0 Å². The van der Waals surface area contributed by atoms with Crippen LogP contribution in [0.3, 0.4) is 0 Å². The number of hydrogen-bond acceptors (Lipinski definition) is 3. The molecule has 3 N–H and O–H groups in total. The molecule has 6 heteroatoms. The molecule has 0 saturated carbocycles. The lowest BCUT2D eigenvalue weighted by Crippen LogP contribution is -2.12. The van der Waals surface area contributed by atoms with Gasteiger partial charge in [-0.1, -0.05) is 0 Å². The lowest BCUT2D eigenvalue weighted by molar-refractivity contribution is 1.06. The first-order valence-corrected chi connectivity index (χ1v) is 4.84. The number of hydrogen-bond donors (Lipinski definition) is 3. The van der Waals surface area contributed by atoms with E-state index in [1.165, 1.54) is 0 Å². The molecule has 0 aliphatic rings. The lowest BCUT2D eigenvalue weighted by atomic mass is 10.1. The molecule has 0 atom stereocenters. The maximum atomic E-state index is 11.7. The van der Waals surface area contributed by atoms with Gasteiger partial charge in [0, 0.05) is 5.69 Å². The third-order valence-corrected chi connectivity index (χ3v) is 2.30. The van der Waals surface area contributed by atoms with Gasteiger partial charge in [-0.25, -0.2) is 0 Å². The van der Waals surface area contributed by atoms with Crippen molar-refractivity contribution in [3.63, 3.8) is 0 Å². The molecule has 0 unspecified atom stereocenters. The van der Waals surface area contributed by atoms with Gasteiger partial charge in [0.15, 0.2) is 5.82 Å². The Labute approximate surface area is 90.6 Å². The average molecular weight is 222 g/mol. The molecule has 0 amide bonds. The molecule has 0 fully saturated rings. The molecule has 0 spiro atoms. The predicted molar refractivity (Wildman–Crippen MR) is 59.3 cm³/mol. The number of pyridine rings is 1. The van der Waals surface area contributed by atoms with Gasteiger partial charge < -0.3 is 4.98 Å². The highest BCUT2D eigenvalue weighted by Gasteiger charge is 2.10. The smallest absolute Gasteiger partial charge is 0.259 e. The van der Waals surface area contributed by atoms with Crippen LogP contribution in [0.25, 0.3) is 11.4 Å². The second kappa shape index (κ2) is 3.47. The quantitative estimate of drug-likeness (QED) is 0.639. The highest BCUT2D eigenvalue weighted by atomic mass is 32.1. The van der Waals surface area contributed by atoms with Gasteiger partial charge >= 0.3 is 0 Å². The summed E-state index contributed by atoms with van der Waals surface area (Å²) in [5.74, 6) is 0.471. The van der Waals surface area contributed by atoms with Crippen molar-refractivity contribution < 1.29 is 0 Å². The van der Waals surface area contributed by atoms with Crippen molar-refractivity contribution in [2.45, 2.75) is 13.8 Å². The van der Waals surface area contributed by atoms with E-state index in [1.54, 1.807) is 0 Å². The van der Waals surface area contributed by atoms with Crippen LogP contribution < -0.4 is 5.56 Å². The van der Waals surface area contributed by atoms with Crippen LogP contribution in [0.1, 0.15) is 11.3 Å². The second-order valence-electron chi connectivity index (χ2n) is 3.36. The average Bonchev–Trinajstić information content (AvgIpc) is 2.49. The Kier molecular flexibility index (Phi) is 2.28. The third-order valence-electron chi connectivity index (χ3n) is 2.10. The Bertz CT molecular complexity index is 607. The van der Waals surface area contributed by atoms with E-state index in [1.807, 2.05) is 19.9 Å². The molecule has 5 nitrogen and oxygen atoms in total. The molecule has 2 heterocycles. The van der Waals surface area contributed by atoms with Gasteiger partial charge in [-0.05, 0) is 37.7 Å². The lowest BCUT2D eigenvalue weighted by Gasteiger charge is -2.01. The zero-order valence-corrected chi connectivity index (χ0v) is 9.16. The normalized spacial score (nSPS) is 10.5. The number of aryl methyl sites for hydroxylation is 2. The Balaban J connectivity index is 2.73. The summed E-state index contributed by atoms with van der Waals surface area (Å²) in [4.78, 5) is 18.4. The van der Waals surface area contributed by atoms with Crippen LogP contribution in [0.2, 0.25) is 0 Å². The van der Waals surface area contributed by atoms with Crippen LogP contribution in [0, 0.1) is 18.6 Å². The molecule has 2 rings (SSSR count). The minimum atomic E-state index is -0.162. The minimum Gasteiger partial charge on any atom is -0.326 e. The Morgan fingerprint density at radius 2 is 2.07 bits per heavy atom. The molecule has 15 heavy (non-hydrogen) atoms. The number of nitrogens with zero attached hydrogens (tertiary/aromatic N) is 1. The summed E-state index contributed by atoms with van der Waals surface area (Å²) < 4.78 is 0.337. The maximum Gasteiger partial charge on any atom is 0.259 e. The van der Waals surface area contributed by atoms with E-state index < -0.39 is 0 Å². The fraction of sp³-hybridized carbons (Fsp3) is 0.222. The first-order chi connectivity index (χ1) is 7.08. The fourth-order valence-corrected chi connectivity index (χ4v) is 1.68. The van der Waals surface area contributed by atoms with Crippen LogP contribution >= 0.6 is 12.2 Å². The number of aromatic nitrogens is 4. The van der Waals surface area contributed by atoms with E-state index in [0.717, 1.165) is 11.3 Å². The molecule has 2 aromatic rings. The predicted octanol–water partition coefficient (Wildman–Crippen LogP) is 1.44. The summed E-state index contributed by atoms with van der Waals surface area (Å²) in [6, 6.07) is 1.89. The molecule has 0 radical (unpaired) electrons. The summed E-state index contributed by atoms with van der Waals surface area (Å²) in [5.41, 5.74) is 2.06. The van der Waals surface area contributed by atoms with Crippen molar-refractivity contribution in [3.8, 4) is 11.4 Å².